The molecule has 0 aliphatic rings. The highest BCUT2D eigenvalue weighted by atomic mass is 79.9. The number of aromatic amines is 5. The van der Waals surface area contributed by atoms with E-state index in [-0.39, 0.29) is 63.2 Å². The van der Waals surface area contributed by atoms with Crippen LogP contribution >= 0.6 is 59.4 Å². The second-order valence-corrected chi connectivity index (χ2v) is 24.9. The number of nitrogen functional groups attached to an aromatic ring is 2. The van der Waals surface area contributed by atoms with Crippen LogP contribution in [0.1, 0.15) is 109 Å². The van der Waals surface area contributed by atoms with Gasteiger partial charge in [-0.1, -0.05) is 66.0 Å². The molecule has 11 rings (SSSR count). The summed E-state index contributed by atoms with van der Waals surface area (Å²) in [5, 5.41) is 20.6. The van der Waals surface area contributed by atoms with Crippen molar-refractivity contribution >= 4 is 169 Å². The number of hydrogen-bond donors (Lipinski definition) is 16. The molecule has 38 nitrogen and oxygen atoms in total. The van der Waals surface area contributed by atoms with E-state index in [4.69, 9.17) is 57.3 Å². The number of aromatic nitrogens is 14. The normalized spacial score (nSPS) is 9.98. The number of hydrogen-bond acceptors (Lipinski definition) is 21. The maximum Gasteiger partial charge on any atom is 0.394 e. The summed E-state index contributed by atoms with van der Waals surface area (Å²) >= 11 is 15.1. The van der Waals surface area contributed by atoms with Crippen LogP contribution in [0, 0.1) is 59.8 Å². The van der Waals surface area contributed by atoms with Gasteiger partial charge in [-0.3, -0.25) is 71.7 Å². The fourth-order valence-electron chi connectivity index (χ4n) is 7.68. The van der Waals surface area contributed by atoms with Gasteiger partial charge in [0.2, 0.25) is 23.7 Å². The predicted molar refractivity (Wildman–Crippen MR) is 404 cm³/mol. The average Bonchev–Trinajstić information content (AvgIpc) is 1.59. The Morgan fingerprint density at radius 2 is 0.895 bits per heavy atom. The molecule has 0 unspecified atom stereocenters. The molecule has 8 aromatic heterocycles. The number of Topliss-reactive ketones (excluding diaryl/α,β-unsaturated/α-hetero) is 1. The number of nitrogens with two attached hydrogens (primary N) is 4. The largest absolute Gasteiger partial charge is 0.394 e. The highest BCUT2D eigenvalue weighted by Crippen LogP contribution is 2.25. The zero-order valence-electron chi connectivity index (χ0n) is 57.5. The summed E-state index contributed by atoms with van der Waals surface area (Å²) < 4.78 is 35.9. The topological polar surface area (TPSA) is 607 Å². The molecule has 11 aromatic rings. The molecule has 6 amide bonds. The molecule has 0 radical (unpaired) electrons. The molecule has 0 saturated heterocycles. The van der Waals surface area contributed by atoms with Crippen LogP contribution in [0.15, 0.2) is 126 Å². The number of aliphatic imine (C=N–C) groups is 1. The number of benzene rings is 3. The van der Waals surface area contributed by atoms with Crippen molar-refractivity contribution in [3.8, 4) is 6.07 Å². The van der Waals surface area contributed by atoms with Crippen LogP contribution in [0.4, 0.5) is 40.9 Å². The maximum absolute atomic E-state index is 13.3. The summed E-state index contributed by atoms with van der Waals surface area (Å²) in [6.07, 6.45) is 10.1. The number of carbonyl (C=O) groups is 7. The lowest BCUT2D eigenvalue weighted by Crippen LogP contribution is -2.28. The standard InChI is InChI=1S/C24H16Br2N6O4.C16H15BrN6O2.C6H9N3O.2C4H7N3.C3H5ClO.C3H7N3O.C2H3N.H2O4S/c1-11-3-5-13(25)7-15(11)29-21(33)17-19-23(35)32-10-28-18(20(32)24(36)31(19)9-27-17)22(34)30-16-8-14(26)6-4-12(16)2;1-8-3-4-10(17)5-11(8)22-14(24)12-13(20-7-19-12)15(25)23-16-18-6-9(2)21-16;1-4-3-7-6(8-4)9-5(2)10;2*1-3-2-6-4(5)7-3;1-3(5)2-4;1-2(7)6-3(4)5;1-2-3;1-5(2,3)4/h3-10H,1-2H3,(H,29,33)(H,30,34);3-7H,1-2H3,(H,19,20)(H,22,24)(H2,18,21,23,25);3H,1-2H3,(H2,7,8,9,10);2*2H,1H3,(H3,5,6,7);2H2,1H3;1H3,(H4,4,5,6,7);1H3;(H2,1,2,3,4). The van der Waals surface area contributed by atoms with Crippen LogP contribution in [-0.2, 0) is 24.8 Å². The first-order valence-corrected chi connectivity index (χ1v) is 33.8. The molecule has 0 saturated carbocycles. The summed E-state index contributed by atoms with van der Waals surface area (Å²) in [5.74, 6) is -1.05. The lowest BCUT2D eigenvalue weighted by atomic mass is 10.2. The van der Waals surface area contributed by atoms with Gasteiger partial charge in [-0.15, -0.1) is 11.6 Å². The first-order valence-electron chi connectivity index (χ1n) is 29.5. The number of rotatable bonds is 10. The van der Waals surface area contributed by atoms with Crippen molar-refractivity contribution in [2.75, 3.05) is 43.9 Å². The molecule has 43 heteroatoms. The number of nitrogens with one attached hydrogen (secondary N) is 10. The molecule has 0 aliphatic heterocycles. The van der Waals surface area contributed by atoms with E-state index in [1.54, 1.807) is 49.1 Å². The number of carbonyl (C=O) groups excluding carboxylic acids is 7. The summed E-state index contributed by atoms with van der Waals surface area (Å²) in [4.78, 5) is 152. The second-order valence-electron chi connectivity index (χ2n) is 21.0. The Balaban J connectivity index is 0.000000355. The molecule has 0 spiro atoms. The highest BCUT2D eigenvalue weighted by molar-refractivity contribution is 9.11. The van der Waals surface area contributed by atoms with Gasteiger partial charge in [0.15, 0.2) is 34.9 Å². The molecule has 0 fully saturated rings. The van der Waals surface area contributed by atoms with E-state index in [9.17, 15) is 43.2 Å². The van der Waals surface area contributed by atoms with E-state index in [1.165, 1.54) is 34.0 Å². The molecule has 0 atom stereocenters. The lowest BCUT2D eigenvalue weighted by molar-refractivity contribution is -0.116. The van der Waals surface area contributed by atoms with E-state index in [1.807, 2.05) is 84.9 Å². The number of fused-ring (bicyclic) bond motifs is 2. The number of alkyl halides is 1. The number of guanidine groups is 1. The lowest BCUT2D eigenvalue weighted by Gasteiger charge is -2.08. The van der Waals surface area contributed by atoms with E-state index < -0.39 is 45.1 Å². The van der Waals surface area contributed by atoms with Gasteiger partial charge < -0.3 is 63.8 Å². The molecule has 0 bridgehead atoms. The fourth-order valence-corrected chi connectivity index (χ4v) is 8.76. The second kappa shape index (κ2) is 41.9. The molecular formula is C62H71Br3ClN25O13S. The molecule has 3 aromatic carbocycles. The quantitative estimate of drug-likeness (QED) is 0.0271. The van der Waals surface area contributed by atoms with E-state index in [0.29, 0.717) is 40.9 Å². The van der Waals surface area contributed by atoms with Gasteiger partial charge in [-0.2, -0.15) is 18.7 Å². The Morgan fingerprint density at radius 3 is 1.16 bits per heavy atom. The number of aryl methyl sites for hydroxylation is 7. The molecule has 20 N–H and O–H groups in total. The van der Waals surface area contributed by atoms with Crippen molar-refractivity contribution in [2.24, 2.45) is 16.5 Å². The third-order valence-corrected chi connectivity index (χ3v) is 13.9. The highest BCUT2D eigenvalue weighted by Gasteiger charge is 2.26. The van der Waals surface area contributed by atoms with Crippen LogP contribution in [0.3, 0.4) is 0 Å². The zero-order valence-corrected chi connectivity index (χ0v) is 63.8. The number of nitriles is 1. The number of amides is 6. The van der Waals surface area contributed by atoms with Gasteiger partial charge in [-0.25, -0.2) is 34.9 Å². The molecule has 8 heterocycles. The molecule has 0 aliphatic carbocycles. The minimum Gasteiger partial charge on any atom is -0.370 e. The number of nitrogens with zero attached hydrogens (tertiary/aromatic N) is 11. The Labute approximate surface area is 627 Å². The van der Waals surface area contributed by atoms with Crippen molar-refractivity contribution < 1.29 is 51.1 Å². The van der Waals surface area contributed by atoms with Gasteiger partial charge in [0.05, 0.1) is 18.3 Å². The first kappa shape index (κ1) is 87.3. The van der Waals surface area contributed by atoms with Crippen LogP contribution in [-0.4, -0.2) is 139 Å². The monoisotopic (exact) mass is 1680 g/mol. The van der Waals surface area contributed by atoms with Crippen LogP contribution in [0.25, 0.3) is 11.0 Å². The number of H-pyrrole nitrogens is 5. The van der Waals surface area contributed by atoms with Gasteiger partial charge in [0, 0.05) is 98.8 Å². The Bertz CT molecular complexity index is 4960. The fraction of sp³-hybridized carbons (Fsp3) is 0.194. The van der Waals surface area contributed by atoms with Gasteiger partial charge in [0.25, 0.3) is 34.7 Å². The number of ketones is 1. The Kier molecular flexibility index (Phi) is 34.8. The van der Waals surface area contributed by atoms with Crippen molar-refractivity contribution in [3.05, 3.63) is 195 Å². The summed E-state index contributed by atoms with van der Waals surface area (Å²) in [5.41, 5.74) is 25.7. The van der Waals surface area contributed by atoms with Crippen molar-refractivity contribution in [1.82, 2.24) is 68.6 Å². The maximum atomic E-state index is 13.3. The van der Waals surface area contributed by atoms with Crippen molar-refractivity contribution in [1.29, 1.82) is 5.26 Å². The van der Waals surface area contributed by atoms with E-state index in [0.717, 1.165) is 74.3 Å². The van der Waals surface area contributed by atoms with Crippen molar-refractivity contribution in [2.45, 2.75) is 76.2 Å². The Morgan fingerprint density at radius 1 is 0.562 bits per heavy atom. The minimum absolute atomic E-state index is 0.000142. The number of halogens is 4. The van der Waals surface area contributed by atoms with Gasteiger partial charge in [0.1, 0.15) is 35.2 Å². The van der Waals surface area contributed by atoms with Crippen molar-refractivity contribution in [3.63, 3.8) is 0 Å². The molecular weight excluding hydrogens is 1610 g/mol. The Hall–Kier alpha value is -11.9. The average molecular weight is 1680 g/mol. The number of imidazole rings is 7. The third kappa shape index (κ3) is 30.3. The van der Waals surface area contributed by atoms with Crippen LogP contribution in [0.5, 0.6) is 0 Å². The summed E-state index contributed by atoms with van der Waals surface area (Å²) in [7, 11) is -4.67. The van der Waals surface area contributed by atoms with Gasteiger partial charge >= 0.3 is 10.4 Å². The first-order chi connectivity index (χ1) is 49.2. The van der Waals surface area contributed by atoms with Crippen LogP contribution in [0.2, 0.25) is 0 Å². The smallest absolute Gasteiger partial charge is 0.370 e. The van der Waals surface area contributed by atoms with E-state index >= 15 is 0 Å². The molecule has 105 heavy (non-hydrogen) atoms. The summed E-state index contributed by atoms with van der Waals surface area (Å²) in [6.45, 7) is 18.6. The number of anilines is 7. The summed E-state index contributed by atoms with van der Waals surface area (Å²) in [6, 6.07) is 18.0. The van der Waals surface area contributed by atoms with Crippen LogP contribution < -0.4 is 60.6 Å². The van der Waals surface area contributed by atoms with Gasteiger partial charge in [-0.05, 0) is 108 Å². The zero-order chi connectivity index (χ0) is 79.2. The minimum atomic E-state index is -4.67. The SMILES string of the molecule is CC#N.CC(=O)CCl.CC(=O)N=C(N)N.CC(=O)Nc1ncc(C)[nH]1.Cc1ccc(Br)cc1NC(=O)c1ncn2c(=O)c3c(C(=O)Nc4cc(Br)ccc4C)ncn3c(=O)c12.Cc1cnc(N)[nH]1.Cc1cnc(N)[nH]1.Cc1cnc(NC(=O)c2[nH]cnc2C(=O)Nc2cc(Br)ccc2C)[nH]1.O=S(=O)(O)O. The predicted octanol–water partition coefficient (Wildman–Crippen LogP) is 7.58. The molecule has 556 valence electrons. The third-order valence-electron chi connectivity index (χ3n) is 12.1. The van der Waals surface area contributed by atoms with E-state index in [2.05, 4.69) is 139 Å².